The van der Waals surface area contributed by atoms with E-state index in [1.54, 1.807) is 12.3 Å². The Balaban J connectivity index is 0.00000264. The van der Waals surface area contributed by atoms with Gasteiger partial charge in [0, 0.05) is 6.20 Å². The maximum atomic E-state index is 12.0. The van der Waals surface area contributed by atoms with Crippen LogP contribution in [0.3, 0.4) is 0 Å². The molecule has 1 aromatic heterocycles. The Labute approximate surface area is 147 Å². The summed E-state index contributed by atoms with van der Waals surface area (Å²) in [6, 6.07) is 7.23. The zero-order valence-corrected chi connectivity index (χ0v) is 14.1. The van der Waals surface area contributed by atoms with Gasteiger partial charge in [0.1, 0.15) is 5.75 Å². The van der Waals surface area contributed by atoms with Crippen molar-refractivity contribution in [2.75, 3.05) is 0 Å². The molecule has 2 rings (SSSR count). The van der Waals surface area contributed by atoms with Gasteiger partial charge in [-0.2, -0.15) is 5.10 Å². The molecule has 4 N–H and O–H groups in total. The number of aromatic nitrogens is 2. The van der Waals surface area contributed by atoms with Crippen molar-refractivity contribution < 1.29 is 17.9 Å². The van der Waals surface area contributed by atoms with Gasteiger partial charge in [-0.15, -0.1) is 37.1 Å². The molecule has 0 spiro atoms. The van der Waals surface area contributed by atoms with Crippen LogP contribution >= 0.6 is 24.0 Å². The highest BCUT2D eigenvalue weighted by atomic mass is 127. The molecule has 23 heavy (non-hydrogen) atoms. The zero-order valence-electron chi connectivity index (χ0n) is 11.8. The number of ether oxygens (including phenoxy) is 1. The van der Waals surface area contributed by atoms with Crippen LogP contribution in [0.2, 0.25) is 0 Å². The SMILES string of the molecule is I.NC(=NCc1ccc(OC(F)(F)F)cc1)NCc1ccn[nH]1. The van der Waals surface area contributed by atoms with E-state index in [2.05, 4.69) is 25.2 Å². The molecule has 0 saturated heterocycles. The molecule has 0 atom stereocenters. The molecule has 0 saturated carbocycles. The largest absolute Gasteiger partial charge is 0.573 e. The lowest BCUT2D eigenvalue weighted by Crippen LogP contribution is -2.31. The van der Waals surface area contributed by atoms with Crippen LogP contribution in [-0.2, 0) is 13.1 Å². The molecule has 10 heteroatoms. The lowest BCUT2D eigenvalue weighted by Gasteiger charge is -2.09. The van der Waals surface area contributed by atoms with Crippen molar-refractivity contribution in [2.45, 2.75) is 19.5 Å². The number of aliphatic imine (C=N–C) groups is 1. The Bertz CT molecular complexity index is 614. The standard InChI is InChI=1S/C13H14F3N5O.HI/c14-13(15,16)22-11-3-1-9(2-4-11)7-18-12(17)19-8-10-5-6-20-21-10;/h1-6H,7-8H2,(H,20,21)(H3,17,18,19);1H. The van der Waals surface area contributed by atoms with Gasteiger partial charge in [-0.05, 0) is 23.8 Å². The highest BCUT2D eigenvalue weighted by Crippen LogP contribution is 2.22. The van der Waals surface area contributed by atoms with E-state index in [1.807, 2.05) is 0 Å². The second kappa shape index (κ2) is 8.60. The third-order valence-electron chi connectivity index (χ3n) is 2.61. The first-order valence-corrected chi connectivity index (χ1v) is 6.29. The van der Waals surface area contributed by atoms with Gasteiger partial charge in [-0.3, -0.25) is 5.10 Å². The summed E-state index contributed by atoms with van der Waals surface area (Å²) >= 11 is 0. The predicted molar refractivity (Wildman–Crippen MR) is 89.3 cm³/mol. The Morgan fingerprint density at radius 3 is 2.52 bits per heavy atom. The van der Waals surface area contributed by atoms with Crippen molar-refractivity contribution >= 4 is 29.9 Å². The number of nitrogens with one attached hydrogen (secondary N) is 2. The van der Waals surface area contributed by atoms with Crippen molar-refractivity contribution in [3.8, 4) is 5.75 Å². The minimum Gasteiger partial charge on any atom is -0.406 e. The number of hydrogen-bond donors (Lipinski definition) is 3. The Morgan fingerprint density at radius 2 is 1.96 bits per heavy atom. The summed E-state index contributed by atoms with van der Waals surface area (Å²) < 4.78 is 39.8. The smallest absolute Gasteiger partial charge is 0.406 e. The summed E-state index contributed by atoms with van der Waals surface area (Å²) in [5.41, 5.74) is 7.25. The molecule has 6 nitrogen and oxygen atoms in total. The number of alkyl halides is 3. The maximum absolute atomic E-state index is 12.0. The first kappa shape index (κ1) is 19.1. The van der Waals surface area contributed by atoms with Crippen molar-refractivity contribution in [1.82, 2.24) is 15.5 Å². The van der Waals surface area contributed by atoms with Crippen LogP contribution in [0.1, 0.15) is 11.3 Å². The molecule has 0 radical (unpaired) electrons. The van der Waals surface area contributed by atoms with Crippen molar-refractivity contribution in [1.29, 1.82) is 0 Å². The van der Waals surface area contributed by atoms with E-state index < -0.39 is 6.36 Å². The summed E-state index contributed by atoms with van der Waals surface area (Å²) in [6.45, 7) is 0.696. The Hall–Kier alpha value is -1.98. The van der Waals surface area contributed by atoms with E-state index in [4.69, 9.17) is 5.73 Å². The second-order valence-corrected chi connectivity index (χ2v) is 4.33. The lowest BCUT2D eigenvalue weighted by atomic mass is 10.2. The first-order chi connectivity index (χ1) is 10.4. The highest BCUT2D eigenvalue weighted by Gasteiger charge is 2.30. The summed E-state index contributed by atoms with van der Waals surface area (Å²) in [4.78, 5) is 4.08. The number of aromatic amines is 1. The predicted octanol–water partition coefficient (Wildman–Crippen LogP) is 2.53. The van der Waals surface area contributed by atoms with Gasteiger partial charge >= 0.3 is 6.36 Å². The maximum Gasteiger partial charge on any atom is 0.573 e. The van der Waals surface area contributed by atoms with Crippen LogP contribution in [0.15, 0.2) is 41.5 Å². The van der Waals surface area contributed by atoms with Crippen molar-refractivity contribution in [3.05, 3.63) is 47.8 Å². The number of guanidine groups is 1. The normalized spacial score (nSPS) is 11.7. The summed E-state index contributed by atoms with van der Waals surface area (Å²) in [5, 5.41) is 9.43. The average Bonchev–Trinajstić information content (AvgIpc) is 2.96. The Morgan fingerprint density at radius 1 is 1.26 bits per heavy atom. The van der Waals surface area contributed by atoms with E-state index in [9.17, 15) is 13.2 Å². The number of H-pyrrole nitrogens is 1. The number of benzene rings is 1. The van der Waals surface area contributed by atoms with Gasteiger partial charge in [0.2, 0.25) is 0 Å². The van der Waals surface area contributed by atoms with Crippen LogP contribution in [0.4, 0.5) is 13.2 Å². The molecule has 0 fully saturated rings. The first-order valence-electron chi connectivity index (χ1n) is 6.29. The Kier molecular flexibility index (Phi) is 7.13. The topological polar surface area (TPSA) is 88.3 Å². The molecule has 0 bridgehead atoms. The summed E-state index contributed by atoms with van der Waals surface area (Å²) in [7, 11) is 0. The summed E-state index contributed by atoms with van der Waals surface area (Å²) in [5.74, 6) is -0.0456. The molecule has 0 aliphatic heterocycles. The quantitative estimate of drug-likeness (QED) is 0.378. The molecular formula is C13H15F3IN5O. The number of halogens is 4. The van der Waals surface area contributed by atoms with Crippen LogP contribution in [-0.4, -0.2) is 22.5 Å². The van der Waals surface area contributed by atoms with Crippen molar-refractivity contribution in [3.63, 3.8) is 0 Å². The van der Waals surface area contributed by atoms with Crippen molar-refractivity contribution in [2.24, 2.45) is 10.7 Å². The molecule has 1 heterocycles. The van der Waals surface area contributed by atoms with Gasteiger partial charge in [0.05, 0.1) is 18.8 Å². The number of hydrogen-bond acceptors (Lipinski definition) is 3. The minimum atomic E-state index is -4.69. The van der Waals surface area contributed by atoms with Gasteiger partial charge in [0.15, 0.2) is 5.96 Å². The minimum absolute atomic E-state index is 0. The average molecular weight is 441 g/mol. The summed E-state index contributed by atoms with van der Waals surface area (Å²) in [6.07, 6.45) is -3.07. The second-order valence-electron chi connectivity index (χ2n) is 4.33. The van der Waals surface area contributed by atoms with E-state index in [1.165, 1.54) is 24.3 Å². The van der Waals surface area contributed by atoms with Gasteiger partial charge < -0.3 is 15.8 Å². The van der Waals surface area contributed by atoms with E-state index in [-0.39, 0.29) is 42.2 Å². The fraction of sp³-hybridized carbons (Fsp3) is 0.231. The molecule has 2 aromatic rings. The van der Waals surface area contributed by atoms with Crippen LogP contribution < -0.4 is 15.8 Å². The molecule has 0 aliphatic carbocycles. The highest BCUT2D eigenvalue weighted by molar-refractivity contribution is 14.0. The van der Waals surface area contributed by atoms with Crippen LogP contribution in [0, 0.1) is 0 Å². The number of nitrogens with two attached hydrogens (primary N) is 1. The molecule has 0 amide bonds. The van der Waals surface area contributed by atoms with Crippen LogP contribution in [0.25, 0.3) is 0 Å². The molecule has 0 unspecified atom stereocenters. The molecular weight excluding hydrogens is 426 g/mol. The zero-order chi connectivity index (χ0) is 16.0. The fourth-order valence-corrected chi connectivity index (χ4v) is 1.60. The molecule has 1 aromatic carbocycles. The lowest BCUT2D eigenvalue weighted by molar-refractivity contribution is -0.274. The van der Waals surface area contributed by atoms with Gasteiger partial charge in [-0.1, -0.05) is 12.1 Å². The third kappa shape index (κ3) is 7.21. The van der Waals surface area contributed by atoms with E-state index in [0.717, 1.165) is 5.69 Å². The van der Waals surface area contributed by atoms with E-state index >= 15 is 0 Å². The molecule has 0 aliphatic rings. The van der Waals surface area contributed by atoms with Gasteiger partial charge in [-0.25, -0.2) is 4.99 Å². The molecule has 126 valence electrons. The third-order valence-corrected chi connectivity index (χ3v) is 2.61. The van der Waals surface area contributed by atoms with Gasteiger partial charge in [0.25, 0.3) is 0 Å². The fourth-order valence-electron chi connectivity index (χ4n) is 1.60. The van der Waals surface area contributed by atoms with E-state index in [0.29, 0.717) is 12.1 Å². The number of nitrogens with zero attached hydrogens (tertiary/aromatic N) is 2. The van der Waals surface area contributed by atoms with Crippen LogP contribution in [0.5, 0.6) is 5.75 Å². The monoisotopic (exact) mass is 441 g/mol. The number of rotatable bonds is 5.